The highest BCUT2D eigenvalue weighted by atomic mass is 16.5. The van der Waals surface area contributed by atoms with Gasteiger partial charge in [-0.25, -0.2) is 0 Å². The van der Waals surface area contributed by atoms with Gasteiger partial charge >= 0.3 is 11.9 Å². The van der Waals surface area contributed by atoms with Crippen molar-refractivity contribution in [1.29, 1.82) is 0 Å². The zero-order valence-corrected chi connectivity index (χ0v) is 21.9. The number of methoxy groups -OCH3 is 1. The van der Waals surface area contributed by atoms with Gasteiger partial charge in [0, 0.05) is 30.9 Å². The lowest BCUT2D eigenvalue weighted by molar-refractivity contribution is -0.143. The van der Waals surface area contributed by atoms with Crippen molar-refractivity contribution < 1.29 is 28.5 Å². The molecule has 7 nitrogen and oxygen atoms in total. The van der Waals surface area contributed by atoms with Crippen molar-refractivity contribution in [3.63, 3.8) is 0 Å². The molecule has 0 unspecified atom stereocenters. The van der Waals surface area contributed by atoms with Gasteiger partial charge in [-0.2, -0.15) is 0 Å². The fourth-order valence-electron chi connectivity index (χ4n) is 4.64. The van der Waals surface area contributed by atoms with E-state index in [1.165, 1.54) is 20.3 Å². The third-order valence-electron chi connectivity index (χ3n) is 6.51. The van der Waals surface area contributed by atoms with Crippen LogP contribution in [0.5, 0.6) is 5.75 Å². The van der Waals surface area contributed by atoms with E-state index in [4.69, 9.17) is 18.9 Å². The van der Waals surface area contributed by atoms with Crippen LogP contribution in [0.15, 0.2) is 102 Å². The first-order valence-corrected chi connectivity index (χ1v) is 12.7. The van der Waals surface area contributed by atoms with Crippen LogP contribution in [0.4, 0.5) is 0 Å². The topological polar surface area (TPSA) is 83.1 Å². The number of allylic oxidation sites excluding steroid dienone is 4. The molecule has 0 saturated heterocycles. The second kappa shape index (κ2) is 12.9. The van der Waals surface area contributed by atoms with Gasteiger partial charge in [0.25, 0.3) is 0 Å². The first kappa shape index (κ1) is 26.9. The number of carbonyl (C=O) groups is 2. The molecule has 7 heteroatoms. The molecular weight excluding hydrogens is 482 g/mol. The molecule has 0 bridgehead atoms. The van der Waals surface area contributed by atoms with Crippen LogP contribution < -0.4 is 10.1 Å². The summed E-state index contributed by atoms with van der Waals surface area (Å²) in [6, 6.07) is 16.8. The van der Waals surface area contributed by atoms with Crippen LogP contribution >= 0.6 is 0 Å². The van der Waals surface area contributed by atoms with Crippen LogP contribution in [-0.2, 0) is 23.8 Å². The van der Waals surface area contributed by atoms with Gasteiger partial charge in [-0.1, -0.05) is 67.6 Å². The van der Waals surface area contributed by atoms with E-state index in [0.29, 0.717) is 17.3 Å². The molecule has 1 heterocycles. The standard InChI is InChI=1S/C31H33NO6/c1-4-28(23-10-6-5-7-11-23)32-29(31(34)35-3)18-25-19-36-20-30(38-25)27-13-9-8-12-26(27)22-14-16-24(17-15-22)37-21(2)33/h5-11,13-17,19-20,26,28-29,32H,4,12,18H2,1-3H3/t26-,28+,29+/m1/s1. The minimum Gasteiger partial charge on any atom is -0.468 e. The largest absolute Gasteiger partial charge is 0.468 e. The van der Waals surface area contributed by atoms with Crippen LogP contribution in [-0.4, -0.2) is 25.1 Å². The number of ether oxygens (including phenoxy) is 4. The Morgan fingerprint density at radius 1 is 1.08 bits per heavy atom. The van der Waals surface area contributed by atoms with E-state index in [9.17, 15) is 9.59 Å². The fraction of sp³-hybridized carbons (Fsp3) is 0.290. The van der Waals surface area contributed by atoms with Gasteiger partial charge in [0.15, 0.2) is 5.76 Å². The lowest BCUT2D eigenvalue weighted by Crippen LogP contribution is -2.40. The van der Waals surface area contributed by atoms with E-state index >= 15 is 0 Å². The lowest BCUT2D eigenvalue weighted by atomic mass is 9.84. The maximum absolute atomic E-state index is 12.7. The van der Waals surface area contributed by atoms with Gasteiger partial charge < -0.3 is 18.9 Å². The summed E-state index contributed by atoms with van der Waals surface area (Å²) in [4.78, 5) is 24.0. The van der Waals surface area contributed by atoms with E-state index in [1.807, 2.05) is 54.6 Å². The normalized spacial score (nSPS) is 18.1. The SMILES string of the molecule is CC[C@H](N[C@@H](CC1=COC=C(C2=CC=CC[C@@H]2c2ccc(OC(C)=O)cc2)O1)C(=O)OC)c1ccccc1. The predicted octanol–water partition coefficient (Wildman–Crippen LogP) is 5.98. The van der Waals surface area contributed by atoms with Crippen molar-refractivity contribution >= 4 is 11.9 Å². The van der Waals surface area contributed by atoms with Gasteiger partial charge in [-0.3, -0.25) is 14.9 Å². The quantitative estimate of drug-likeness (QED) is 0.308. The molecule has 1 aliphatic carbocycles. The maximum atomic E-state index is 12.7. The summed E-state index contributed by atoms with van der Waals surface area (Å²) in [5.41, 5.74) is 3.11. The van der Waals surface area contributed by atoms with E-state index in [-0.39, 0.29) is 30.3 Å². The summed E-state index contributed by atoms with van der Waals surface area (Å²) in [6.07, 6.45) is 11.0. The van der Waals surface area contributed by atoms with Crippen molar-refractivity contribution in [1.82, 2.24) is 5.32 Å². The number of nitrogens with one attached hydrogen (secondary N) is 1. The minimum atomic E-state index is -0.621. The molecule has 1 N–H and O–H groups in total. The molecule has 1 aliphatic heterocycles. The summed E-state index contributed by atoms with van der Waals surface area (Å²) in [6.45, 7) is 3.45. The third-order valence-corrected chi connectivity index (χ3v) is 6.51. The van der Waals surface area contributed by atoms with E-state index in [2.05, 4.69) is 18.3 Å². The zero-order chi connectivity index (χ0) is 26.9. The first-order valence-electron chi connectivity index (χ1n) is 12.7. The molecule has 198 valence electrons. The second-order valence-corrected chi connectivity index (χ2v) is 9.12. The number of hydrogen-bond donors (Lipinski definition) is 1. The highest BCUT2D eigenvalue weighted by Gasteiger charge is 2.29. The number of rotatable bonds is 10. The Bertz CT molecular complexity index is 1240. The van der Waals surface area contributed by atoms with Crippen molar-refractivity contribution in [3.8, 4) is 5.75 Å². The Balaban J connectivity index is 1.47. The van der Waals surface area contributed by atoms with Gasteiger partial charge in [0.1, 0.15) is 30.1 Å². The second-order valence-electron chi connectivity index (χ2n) is 9.12. The van der Waals surface area contributed by atoms with Crippen LogP contribution in [0.1, 0.15) is 56.2 Å². The van der Waals surface area contributed by atoms with Gasteiger partial charge in [-0.05, 0) is 36.1 Å². The van der Waals surface area contributed by atoms with Crippen molar-refractivity contribution in [2.24, 2.45) is 0 Å². The number of esters is 2. The minimum absolute atomic E-state index is 0.0223. The molecular formula is C31H33NO6. The maximum Gasteiger partial charge on any atom is 0.323 e. The van der Waals surface area contributed by atoms with E-state index in [0.717, 1.165) is 29.5 Å². The Labute approximate surface area is 223 Å². The first-order chi connectivity index (χ1) is 18.5. The van der Waals surface area contributed by atoms with Gasteiger partial charge in [0.05, 0.1) is 7.11 Å². The summed E-state index contributed by atoms with van der Waals surface area (Å²) in [5.74, 6) is 0.905. The highest BCUT2D eigenvalue weighted by Crippen LogP contribution is 2.38. The van der Waals surface area contributed by atoms with Crippen LogP contribution in [0.3, 0.4) is 0 Å². The van der Waals surface area contributed by atoms with Crippen molar-refractivity contribution in [2.45, 2.75) is 51.1 Å². The number of benzene rings is 2. The van der Waals surface area contributed by atoms with Gasteiger partial charge in [-0.15, -0.1) is 0 Å². The Kier molecular flexibility index (Phi) is 9.16. The number of carbonyl (C=O) groups excluding carboxylic acids is 2. The van der Waals surface area contributed by atoms with Gasteiger partial charge in [0.2, 0.25) is 0 Å². The summed E-state index contributed by atoms with van der Waals surface area (Å²) in [5, 5.41) is 3.43. The van der Waals surface area contributed by atoms with Crippen LogP contribution in [0.2, 0.25) is 0 Å². The van der Waals surface area contributed by atoms with Crippen molar-refractivity contribution in [2.75, 3.05) is 7.11 Å². The lowest BCUT2D eigenvalue weighted by Gasteiger charge is -2.28. The monoisotopic (exact) mass is 515 g/mol. The molecule has 0 spiro atoms. The summed E-state index contributed by atoms with van der Waals surface area (Å²) in [7, 11) is 1.38. The predicted molar refractivity (Wildman–Crippen MR) is 144 cm³/mol. The van der Waals surface area contributed by atoms with Crippen LogP contribution in [0, 0.1) is 0 Å². The average Bonchev–Trinajstić information content (AvgIpc) is 2.95. The third kappa shape index (κ3) is 6.81. The Morgan fingerprint density at radius 3 is 2.53 bits per heavy atom. The smallest absolute Gasteiger partial charge is 0.323 e. The van der Waals surface area contributed by atoms with E-state index in [1.54, 1.807) is 18.4 Å². The fourth-order valence-corrected chi connectivity index (χ4v) is 4.64. The van der Waals surface area contributed by atoms with Crippen molar-refractivity contribution in [3.05, 3.63) is 114 Å². The molecule has 4 rings (SSSR count). The molecule has 2 aromatic rings. The molecule has 38 heavy (non-hydrogen) atoms. The van der Waals surface area contributed by atoms with E-state index < -0.39 is 6.04 Å². The molecule has 2 aromatic carbocycles. The zero-order valence-electron chi connectivity index (χ0n) is 21.9. The average molecular weight is 516 g/mol. The molecule has 0 fully saturated rings. The summed E-state index contributed by atoms with van der Waals surface area (Å²) >= 11 is 0. The summed E-state index contributed by atoms with van der Waals surface area (Å²) < 4.78 is 22.2. The molecule has 2 aliphatic rings. The van der Waals surface area contributed by atoms with Crippen LogP contribution in [0.25, 0.3) is 0 Å². The molecule has 0 saturated carbocycles. The highest BCUT2D eigenvalue weighted by molar-refractivity contribution is 5.76. The molecule has 0 aromatic heterocycles. The molecule has 0 radical (unpaired) electrons. The Morgan fingerprint density at radius 2 is 1.84 bits per heavy atom. The Hall–Kier alpha value is -4.10. The number of hydrogen-bond acceptors (Lipinski definition) is 7. The molecule has 3 atom stereocenters. The molecule has 0 amide bonds.